The normalized spacial score (nSPS) is 19.5. The van der Waals surface area contributed by atoms with E-state index in [9.17, 15) is 35.1 Å². The number of esters is 1. The molecule has 1 heterocycles. The van der Waals surface area contributed by atoms with Crippen LogP contribution in [0.2, 0.25) is 0 Å². The van der Waals surface area contributed by atoms with E-state index in [0.29, 0.717) is 19.3 Å². The van der Waals surface area contributed by atoms with Gasteiger partial charge < -0.3 is 45.1 Å². The standard InChI is InChI=1S/C64H117NO10/c1-4-7-10-13-16-19-22-24-26-27-28-29-30-32-33-36-39-42-45-48-51-57(68)63(72)65-55(56(67)50-47-44-41-38-35-21-18-15-12-9-6-3)54-73-64-62(61(71)60(70)58(53-66)74-64)75-59(69)52-49-46-43-40-37-34-31-25-23-20-17-14-11-8-5-2/h17,20,23-26,47,50,55-58,60-62,64,66-68,70-71H,4-16,18-19,21-22,27-46,48-49,51-54H2,1-3H3,(H,65,72)/b20-17+,25-23+,26-24+,50-47+. The molecule has 1 rings (SSSR count). The van der Waals surface area contributed by atoms with E-state index in [1.807, 2.05) is 6.08 Å². The van der Waals surface area contributed by atoms with Crippen molar-refractivity contribution in [2.75, 3.05) is 13.2 Å². The second kappa shape index (κ2) is 52.3. The highest BCUT2D eigenvalue weighted by Gasteiger charge is 2.47. The Hall–Kier alpha value is -2.38. The summed E-state index contributed by atoms with van der Waals surface area (Å²) in [6.45, 7) is 5.75. The lowest BCUT2D eigenvalue weighted by Crippen LogP contribution is -2.61. The predicted molar refractivity (Wildman–Crippen MR) is 310 cm³/mol. The Morgan fingerprint density at radius 1 is 0.520 bits per heavy atom. The van der Waals surface area contributed by atoms with Crippen molar-refractivity contribution in [2.24, 2.45) is 0 Å². The van der Waals surface area contributed by atoms with E-state index in [2.05, 4.69) is 62.5 Å². The Labute approximate surface area is 459 Å². The Kier molecular flexibility index (Phi) is 49.3. The molecule has 0 aromatic carbocycles. The van der Waals surface area contributed by atoms with Gasteiger partial charge in [-0.25, -0.2) is 0 Å². The molecule has 1 aliphatic heterocycles. The highest BCUT2D eigenvalue weighted by Crippen LogP contribution is 2.26. The third-order valence-electron chi connectivity index (χ3n) is 14.7. The molecule has 6 N–H and O–H groups in total. The SMILES string of the molecule is CCCCC/C=C/C=C/CCCCCCCCC(=O)OC1C(OCC(NC(=O)C(O)CCCCCCCCCCCC/C=C/CCCCCCCC)C(O)/C=C/CCCCCCCCCCC)OC(CO)C(O)C1O. The molecule has 0 radical (unpaired) electrons. The van der Waals surface area contributed by atoms with Crippen LogP contribution in [-0.4, -0.2) is 99.6 Å². The number of hydrogen-bond donors (Lipinski definition) is 6. The van der Waals surface area contributed by atoms with Crippen molar-refractivity contribution in [1.82, 2.24) is 5.32 Å². The van der Waals surface area contributed by atoms with E-state index in [1.54, 1.807) is 6.08 Å². The van der Waals surface area contributed by atoms with Gasteiger partial charge in [0, 0.05) is 6.42 Å². The van der Waals surface area contributed by atoms with Gasteiger partial charge in [0.2, 0.25) is 5.91 Å². The lowest BCUT2D eigenvalue weighted by Gasteiger charge is -2.41. The van der Waals surface area contributed by atoms with Crippen LogP contribution >= 0.6 is 0 Å². The summed E-state index contributed by atoms with van der Waals surface area (Å²) in [5.74, 6) is -1.20. The number of hydrogen-bond acceptors (Lipinski definition) is 10. The molecule has 8 unspecified atom stereocenters. The van der Waals surface area contributed by atoms with E-state index in [-0.39, 0.29) is 13.0 Å². The summed E-state index contributed by atoms with van der Waals surface area (Å²) in [4.78, 5) is 26.5. The minimum atomic E-state index is -1.62. The van der Waals surface area contributed by atoms with Gasteiger partial charge in [-0.05, 0) is 77.0 Å². The van der Waals surface area contributed by atoms with Crippen molar-refractivity contribution in [1.29, 1.82) is 0 Å². The van der Waals surface area contributed by atoms with Crippen molar-refractivity contribution in [3.05, 3.63) is 48.6 Å². The summed E-state index contributed by atoms with van der Waals surface area (Å²) >= 11 is 0. The van der Waals surface area contributed by atoms with Crippen molar-refractivity contribution in [2.45, 2.75) is 333 Å². The number of ether oxygens (including phenoxy) is 3. The first-order chi connectivity index (χ1) is 36.7. The first kappa shape index (κ1) is 70.6. The van der Waals surface area contributed by atoms with Crippen LogP contribution in [0.5, 0.6) is 0 Å². The van der Waals surface area contributed by atoms with E-state index < -0.39 is 67.4 Å². The van der Waals surface area contributed by atoms with Crippen LogP contribution in [-0.2, 0) is 23.8 Å². The number of carbonyl (C=O) groups is 2. The van der Waals surface area contributed by atoms with Crippen molar-refractivity contribution in [3.8, 4) is 0 Å². The number of unbranched alkanes of at least 4 members (excludes halogenated alkanes) is 34. The topological polar surface area (TPSA) is 175 Å². The number of aliphatic hydroxyl groups is 5. The van der Waals surface area contributed by atoms with Gasteiger partial charge in [0.25, 0.3) is 0 Å². The number of allylic oxidation sites excluding steroid dienone is 7. The van der Waals surface area contributed by atoms with Gasteiger partial charge in [-0.2, -0.15) is 0 Å². The monoisotopic (exact) mass is 1060 g/mol. The number of carbonyl (C=O) groups excluding carboxylic acids is 2. The van der Waals surface area contributed by atoms with Crippen LogP contribution in [0.25, 0.3) is 0 Å². The summed E-state index contributed by atoms with van der Waals surface area (Å²) in [6.07, 6.45) is 52.9. The fourth-order valence-electron chi connectivity index (χ4n) is 9.70. The molecule has 1 saturated heterocycles. The molecule has 75 heavy (non-hydrogen) atoms. The molecule has 8 atom stereocenters. The average molecular weight is 1060 g/mol. The van der Waals surface area contributed by atoms with Gasteiger partial charge in [-0.15, -0.1) is 0 Å². The Bertz CT molecular complexity index is 1400. The fourth-order valence-corrected chi connectivity index (χ4v) is 9.70. The maximum atomic E-state index is 13.4. The smallest absolute Gasteiger partial charge is 0.306 e. The molecule has 438 valence electrons. The Morgan fingerprint density at radius 3 is 1.40 bits per heavy atom. The summed E-state index contributed by atoms with van der Waals surface area (Å²) in [6, 6.07) is -1.03. The second-order valence-electron chi connectivity index (χ2n) is 21.8. The second-order valence-corrected chi connectivity index (χ2v) is 21.8. The van der Waals surface area contributed by atoms with Crippen LogP contribution in [0.4, 0.5) is 0 Å². The van der Waals surface area contributed by atoms with Gasteiger partial charge in [-0.1, -0.05) is 249 Å². The zero-order chi connectivity index (χ0) is 54.7. The third-order valence-corrected chi connectivity index (χ3v) is 14.7. The minimum Gasteiger partial charge on any atom is -0.454 e. The molecule has 0 aliphatic carbocycles. The van der Waals surface area contributed by atoms with Crippen molar-refractivity contribution < 1.29 is 49.3 Å². The van der Waals surface area contributed by atoms with Gasteiger partial charge in [0.05, 0.1) is 25.4 Å². The molecular weight excluding hydrogens is 943 g/mol. The van der Waals surface area contributed by atoms with E-state index >= 15 is 0 Å². The van der Waals surface area contributed by atoms with Crippen LogP contribution < -0.4 is 5.32 Å². The Morgan fingerprint density at radius 2 is 0.920 bits per heavy atom. The van der Waals surface area contributed by atoms with Gasteiger partial charge >= 0.3 is 5.97 Å². The molecule has 11 nitrogen and oxygen atoms in total. The van der Waals surface area contributed by atoms with Crippen LogP contribution in [0.3, 0.4) is 0 Å². The zero-order valence-electron chi connectivity index (χ0n) is 48.4. The lowest BCUT2D eigenvalue weighted by molar-refractivity contribution is -0.305. The molecule has 0 aromatic heterocycles. The molecule has 1 aliphatic rings. The summed E-state index contributed by atoms with van der Waals surface area (Å²) in [5, 5.41) is 56.9. The number of amides is 1. The molecule has 0 bridgehead atoms. The largest absolute Gasteiger partial charge is 0.454 e. The van der Waals surface area contributed by atoms with Crippen molar-refractivity contribution >= 4 is 11.9 Å². The predicted octanol–water partition coefficient (Wildman–Crippen LogP) is 14.8. The van der Waals surface area contributed by atoms with Crippen LogP contribution in [0.1, 0.15) is 284 Å². The first-order valence-electron chi connectivity index (χ1n) is 31.4. The maximum absolute atomic E-state index is 13.4. The lowest BCUT2D eigenvalue weighted by atomic mass is 9.99. The van der Waals surface area contributed by atoms with E-state index in [4.69, 9.17) is 14.2 Å². The quantitative estimate of drug-likeness (QED) is 0.0149. The number of nitrogens with one attached hydrogen (secondary N) is 1. The van der Waals surface area contributed by atoms with Gasteiger partial charge in [0.15, 0.2) is 12.4 Å². The Balaban J connectivity index is 2.65. The van der Waals surface area contributed by atoms with Crippen molar-refractivity contribution in [3.63, 3.8) is 0 Å². The van der Waals surface area contributed by atoms with Crippen LogP contribution in [0.15, 0.2) is 48.6 Å². The first-order valence-corrected chi connectivity index (χ1v) is 31.4. The minimum absolute atomic E-state index is 0.111. The molecule has 0 spiro atoms. The third kappa shape index (κ3) is 40.5. The van der Waals surface area contributed by atoms with Gasteiger partial charge in [-0.3, -0.25) is 9.59 Å². The highest BCUT2D eigenvalue weighted by atomic mass is 16.7. The van der Waals surface area contributed by atoms with Crippen LogP contribution in [0, 0.1) is 0 Å². The zero-order valence-corrected chi connectivity index (χ0v) is 48.4. The summed E-state index contributed by atoms with van der Waals surface area (Å²) in [7, 11) is 0. The fraction of sp³-hybridized carbons (Fsp3) is 0.844. The van der Waals surface area contributed by atoms with E-state index in [0.717, 1.165) is 83.5 Å². The number of rotatable bonds is 53. The summed E-state index contributed by atoms with van der Waals surface area (Å²) < 4.78 is 17.6. The number of aliphatic hydroxyl groups excluding tert-OH is 5. The average Bonchev–Trinajstić information content (AvgIpc) is 3.41. The molecule has 1 amide bonds. The molecular formula is C64H117NO10. The van der Waals surface area contributed by atoms with E-state index in [1.165, 1.54) is 154 Å². The molecule has 0 saturated carbocycles. The summed E-state index contributed by atoms with van der Waals surface area (Å²) in [5.41, 5.74) is 0. The van der Waals surface area contributed by atoms with Gasteiger partial charge in [0.1, 0.15) is 24.4 Å². The maximum Gasteiger partial charge on any atom is 0.306 e. The molecule has 11 heteroatoms. The molecule has 0 aromatic rings. The molecule has 1 fully saturated rings. The highest BCUT2D eigenvalue weighted by molar-refractivity contribution is 5.80.